The lowest BCUT2D eigenvalue weighted by atomic mass is 10.1. The van der Waals surface area contributed by atoms with E-state index in [-0.39, 0.29) is 6.23 Å². The molecule has 2 rings (SSSR count). The minimum atomic E-state index is -0.103. The maximum atomic E-state index is 11.2. The van der Waals surface area contributed by atoms with E-state index in [1.165, 1.54) is 0 Å². The number of ether oxygens (including phenoxy) is 1. The lowest BCUT2D eigenvalue weighted by Crippen LogP contribution is -2.14. The molecule has 0 spiro atoms. The summed E-state index contributed by atoms with van der Waals surface area (Å²) in [6.07, 6.45) is 2.60. The Morgan fingerprint density at radius 3 is 2.84 bits per heavy atom. The van der Waals surface area contributed by atoms with Crippen LogP contribution in [0.1, 0.15) is 49.0 Å². The number of carbonyl (C=O) groups is 1. The summed E-state index contributed by atoms with van der Waals surface area (Å²) in [5.41, 5.74) is 2.57. The van der Waals surface area contributed by atoms with Gasteiger partial charge in [0.2, 0.25) is 0 Å². The third kappa shape index (κ3) is 2.68. The van der Waals surface area contributed by atoms with Crippen LogP contribution in [0.4, 0.5) is 0 Å². The van der Waals surface area contributed by atoms with Crippen LogP contribution in [0, 0.1) is 6.92 Å². The Bertz CT molecular complexity index is 569. The quantitative estimate of drug-likeness (QED) is 0.747. The zero-order valence-corrected chi connectivity index (χ0v) is 11.7. The molecule has 1 atom stereocenters. The summed E-state index contributed by atoms with van der Waals surface area (Å²) < 4.78 is 7.59. The van der Waals surface area contributed by atoms with Crippen LogP contribution >= 0.6 is 0 Å². The second-order valence-electron chi connectivity index (χ2n) is 4.67. The van der Waals surface area contributed by atoms with Gasteiger partial charge < -0.3 is 4.74 Å². The molecule has 0 saturated heterocycles. The molecule has 0 aliphatic heterocycles. The van der Waals surface area contributed by atoms with Crippen molar-refractivity contribution in [1.29, 1.82) is 0 Å². The molecule has 1 unspecified atom stereocenters. The minimum absolute atomic E-state index is 0.103. The van der Waals surface area contributed by atoms with Gasteiger partial charge in [0.05, 0.1) is 5.52 Å². The second-order valence-corrected chi connectivity index (χ2v) is 4.67. The molecule has 19 heavy (non-hydrogen) atoms. The predicted octanol–water partition coefficient (Wildman–Crippen LogP) is 3.49. The van der Waals surface area contributed by atoms with E-state index >= 15 is 0 Å². The Kier molecular flexibility index (Phi) is 4.32. The first-order chi connectivity index (χ1) is 9.21. The normalized spacial score (nSPS) is 12.8. The summed E-state index contributed by atoms with van der Waals surface area (Å²) in [5.74, 6) is 0. The first-order valence-corrected chi connectivity index (χ1v) is 6.76. The van der Waals surface area contributed by atoms with Crippen molar-refractivity contribution in [3.05, 3.63) is 29.5 Å². The molecule has 0 aliphatic rings. The van der Waals surface area contributed by atoms with Gasteiger partial charge in [-0.05, 0) is 32.4 Å². The van der Waals surface area contributed by atoms with E-state index in [1.807, 2.05) is 36.7 Å². The van der Waals surface area contributed by atoms with Crippen LogP contribution in [-0.2, 0) is 4.74 Å². The third-order valence-electron chi connectivity index (χ3n) is 3.17. The van der Waals surface area contributed by atoms with Gasteiger partial charge in [-0.2, -0.15) is 5.10 Å². The van der Waals surface area contributed by atoms with Crippen molar-refractivity contribution in [2.24, 2.45) is 0 Å². The molecule has 0 saturated carbocycles. The van der Waals surface area contributed by atoms with Crippen molar-refractivity contribution in [1.82, 2.24) is 9.78 Å². The number of hydrogen-bond donors (Lipinski definition) is 0. The fourth-order valence-corrected chi connectivity index (χ4v) is 2.30. The van der Waals surface area contributed by atoms with E-state index in [9.17, 15) is 4.79 Å². The van der Waals surface area contributed by atoms with Gasteiger partial charge >= 0.3 is 0 Å². The van der Waals surface area contributed by atoms with E-state index in [1.54, 1.807) is 0 Å². The largest absolute Gasteiger partial charge is 0.357 e. The average molecular weight is 260 g/mol. The molecule has 1 aromatic heterocycles. The second kappa shape index (κ2) is 5.97. The molecule has 2 aromatic rings. The highest BCUT2D eigenvalue weighted by atomic mass is 16.5. The molecule has 4 nitrogen and oxygen atoms in total. The zero-order chi connectivity index (χ0) is 13.8. The standard InChI is InChI=1S/C15H20N2O2/c1-4-6-15(19-5-2)17-14-8-7-11(3)9-12(14)13(10-18)16-17/h7-10,15H,4-6H2,1-3H3. The smallest absolute Gasteiger partial charge is 0.170 e. The molecular formula is C15H20N2O2. The fourth-order valence-electron chi connectivity index (χ4n) is 2.30. The van der Waals surface area contributed by atoms with Gasteiger partial charge in [-0.3, -0.25) is 4.79 Å². The average Bonchev–Trinajstić information content (AvgIpc) is 2.76. The SMILES string of the molecule is CCCC(OCC)n1nc(C=O)c2cc(C)ccc21. The molecule has 0 amide bonds. The number of aromatic nitrogens is 2. The van der Waals surface area contributed by atoms with Crippen LogP contribution in [-0.4, -0.2) is 22.7 Å². The van der Waals surface area contributed by atoms with Crippen LogP contribution in [0.2, 0.25) is 0 Å². The molecule has 1 aromatic carbocycles. The molecule has 0 bridgehead atoms. The van der Waals surface area contributed by atoms with Gasteiger partial charge in [-0.15, -0.1) is 0 Å². The van der Waals surface area contributed by atoms with Crippen LogP contribution < -0.4 is 0 Å². The monoisotopic (exact) mass is 260 g/mol. The molecular weight excluding hydrogens is 240 g/mol. The number of benzene rings is 1. The summed E-state index contributed by atoms with van der Waals surface area (Å²) in [7, 11) is 0. The topological polar surface area (TPSA) is 44.1 Å². The number of hydrogen-bond acceptors (Lipinski definition) is 3. The van der Waals surface area contributed by atoms with Crippen LogP contribution in [0.15, 0.2) is 18.2 Å². The lowest BCUT2D eigenvalue weighted by molar-refractivity contribution is -0.00189. The molecule has 4 heteroatoms. The van der Waals surface area contributed by atoms with Crippen molar-refractivity contribution >= 4 is 17.2 Å². The number of rotatable bonds is 6. The number of aryl methyl sites for hydroxylation is 1. The van der Waals surface area contributed by atoms with Crippen LogP contribution in [0.25, 0.3) is 10.9 Å². The number of nitrogens with zero attached hydrogens (tertiary/aromatic N) is 2. The Labute approximate surface area is 113 Å². The summed E-state index contributed by atoms with van der Waals surface area (Å²) >= 11 is 0. The summed E-state index contributed by atoms with van der Waals surface area (Å²) in [5, 5.41) is 5.31. The number of aldehydes is 1. The van der Waals surface area contributed by atoms with E-state index in [0.29, 0.717) is 12.3 Å². The first kappa shape index (κ1) is 13.7. The van der Waals surface area contributed by atoms with Gasteiger partial charge in [-0.1, -0.05) is 25.0 Å². The fraction of sp³-hybridized carbons (Fsp3) is 0.467. The highest BCUT2D eigenvalue weighted by molar-refractivity contribution is 5.95. The summed E-state index contributed by atoms with van der Waals surface area (Å²) in [6.45, 7) is 6.73. The number of fused-ring (bicyclic) bond motifs is 1. The van der Waals surface area contributed by atoms with E-state index < -0.39 is 0 Å². The third-order valence-corrected chi connectivity index (χ3v) is 3.17. The Morgan fingerprint density at radius 2 is 2.21 bits per heavy atom. The summed E-state index contributed by atoms with van der Waals surface area (Å²) in [4.78, 5) is 11.2. The minimum Gasteiger partial charge on any atom is -0.357 e. The lowest BCUT2D eigenvalue weighted by Gasteiger charge is -2.17. The molecule has 0 aliphatic carbocycles. The van der Waals surface area contributed by atoms with Crippen molar-refractivity contribution in [3.63, 3.8) is 0 Å². The van der Waals surface area contributed by atoms with Crippen molar-refractivity contribution < 1.29 is 9.53 Å². The van der Waals surface area contributed by atoms with E-state index in [4.69, 9.17) is 4.74 Å². The Morgan fingerprint density at radius 1 is 1.42 bits per heavy atom. The maximum Gasteiger partial charge on any atom is 0.170 e. The van der Waals surface area contributed by atoms with Gasteiger partial charge in [0.1, 0.15) is 5.69 Å². The Balaban J connectivity index is 2.55. The van der Waals surface area contributed by atoms with Crippen molar-refractivity contribution in [3.8, 4) is 0 Å². The van der Waals surface area contributed by atoms with E-state index in [0.717, 1.165) is 35.6 Å². The van der Waals surface area contributed by atoms with Gasteiger partial charge in [0.15, 0.2) is 12.5 Å². The zero-order valence-electron chi connectivity index (χ0n) is 11.7. The summed E-state index contributed by atoms with van der Waals surface area (Å²) in [6, 6.07) is 6.04. The van der Waals surface area contributed by atoms with Crippen LogP contribution in [0.5, 0.6) is 0 Å². The van der Waals surface area contributed by atoms with Gasteiger partial charge in [-0.25, -0.2) is 4.68 Å². The highest BCUT2D eigenvalue weighted by Crippen LogP contribution is 2.25. The van der Waals surface area contributed by atoms with Crippen molar-refractivity contribution in [2.75, 3.05) is 6.61 Å². The highest BCUT2D eigenvalue weighted by Gasteiger charge is 2.17. The predicted molar refractivity (Wildman–Crippen MR) is 75.4 cm³/mol. The molecule has 0 N–H and O–H groups in total. The Hall–Kier alpha value is -1.68. The van der Waals surface area contributed by atoms with Crippen LogP contribution in [0.3, 0.4) is 0 Å². The van der Waals surface area contributed by atoms with Gasteiger partial charge in [0.25, 0.3) is 0 Å². The first-order valence-electron chi connectivity index (χ1n) is 6.76. The molecule has 102 valence electrons. The van der Waals surface area contributed by atoms with E-state index in [2.05, 4.69) is 12.0 Å². The molecule has 1 heterocycles. The number of carbonyl (C=O) groups excluding carboxylic acids is 1. The van der Waals surface area contributed by atoms with Crippen molar-refractivity contribution in [2.45, 2.75) is 39.8 Å². The molecule has 0 fully saturated rings. The molecule has 0 radical (unpaired) electrons. The van der Waals surface area contributed by atoms with Gasteiger partial charge in [0, 0.05) is 12.0 Å². The maximum absolute atomic E-state index is 11.2.